The van der Waals surface area contributed by atoms with Gasteiger partial charge in [0, 0.05) is 25.7 Å². The average Bonchev–Trinajstić information content (AvgIpc) is 2.73. The molecule has 0 radical (unpaired) electrons. The summed E-state index contributed by atoms with van der Waals surface area (Å²) in [5.41, 5.74) is 0. The monoisotopic (exact) mass is 242 g/mol. The van der Waals surface area contributed by atoms with Crippen molar-refractivity contribution in [2.45, 2.75) is 50.3 Å². The van der Waals surface area contributed by atoms with Crippen molar-refractivity contribution >= 4 is 0 Å². The average molecular weight is 242 g/mol. The number of nitrogens with one attached hydrogen (secondary N) is 1. The number of aliphatic hydroxyl groups is 1. The van der Waals surface area contributed by atoms with E-state index in [1.54, 1.807) is 7.11 Å². The maximum absolute atomic E-state index is 9.58. The molecule has 2 N–H and O–H groups in total. The molecule has 2 saturated heterocycles. The largest absolute Gasteiger partial charge is 0.391 e. The predicted molar refractivity (Wildman–Crippen MR) is 68.1 cm³/mol. The number of rotatable bonds is 6. The van der Waals surface area contributed by atoms with Crippen LogP contribution >= 0.6 is 0 Å². The minimum atomic E-state index is -0.323. The third-order valence-corrected chi connectivity index (χ3v) is 4.10. The van der Waals surface area contributed by atoms with E-state index in [0.717, 1.165) is 19.0 Å². The van der Waals surface area contributed by atoms with Gasteiger partial charge in [0.15, 0.2) is 0 Å². The zero-order valence-corrected chi connectivity index (χ0v) is 10.9. The van der Waals surface area contributed by atoms with Gasteiger partial charge in [-0.1, -0.05) is 6.42 Å². The van der Waals surface area contributed by atoms with Gasteiger partial charge in [-0.3, -0.25) is 4.90 Å². The number of aliphatic hydroxyl groups excluding tert-OH is 1. The highest BCUT2D eigenvalue weighted by atomic mass is 16.5. The number of nitrogens with zero attached hydrogens (tertiary/aromatic N) is 1. The number of methoxy groups -OCH3 is 1. The SMILES string of the molecule is COCC(O)CCNC1CCN2CCCCC12. The van der Waals surface area contributed by atoms with Crippen LogP contribution in [-0.2, 0) is 4.74 Å². The second-order valence-electron chi connectivity index (χ2n) is 5.35. The summed E-state index contributed by atoms with van der Waals surface area (Å²) in [5, 5.41) is 13.2. The lowest BCUT2D eigenvalue weighted by atomic mass is 9.99. The molecule has 0 saturated carbocycles. The standard InChI is InChI=1S/C13H26N2O2/c1-17-10-11(16)5-7-14-12-6-9-15-8-3-2-4-13(12)15/h11-14,16H,2-10H2,1H3. The van der Waals surface area contributed by atoms with E-state index in [4.69, 9.17) is 4.74 Å². The van der Waals surface area contributed by atoms with Crippen molar-refractivity contribution in [3.8, 4) is 0 Å². The van der Waals surface area contributed by atoms with E-state index in [1.807, 2.05) is 0 Å². The maximum atomic E-state index is 9.58. The third kappa shape index (κ3) is 3.65. The van der Waals surface area contributed by atoms with Crippen LogP contribution in [0.25, 0.3) is 0 Å². The number of hydrogen-bond donors (Lipinski definition) is 2. The Morgan fingerprint density at radius 3 is 3.06 bits per heavy atom. The molecule has 3 unspecified atom stereocenters. The summed E-state index contributed by atoms with van der Waals surface area (Å²) in [6, 6.07) is 1.40. The highest BCUT2D eigenvalue weighted by Crippen LogP contribution is 2.26. The lowest BCUT2D eigenvalue weighted by Gasteiger charge is -2.32. The molecule has 4 heteroatoms. The Kier molecular flexibility index (Phi) is 5.22. The highest BCUT2D eigenvalue weighted by molar-refractivity contribution is 4.93. The van der Waals surface area contributed by atoms with E-state index in [1.165, 1.54) is 38.8 Å². The van der Waals surface area contributed by atoms with Crippen molar-refractivity contribution < 1.29 is 9.84 Å². The zero-order chi connectivity index (χ0) is 12.1. The van der Waals surface area contributed by atoms with Crippen LogP contribution in [0.5, 0.6) is 0 Å². The van der Waals surface area contributed by atoms with Crippen LogP contribution in [-0.4, -0.2) is 61.5 Å². The summed E-state index contributed by atoms with van der Waals surface area (Å²) in [6.07, 6.45) is 5.83. The van der Waals surface area contributed by atoms with Crippen molar-refractivity contribution in [3.63, 3.8) is 0 Å². The summed E-state index contributed by atoms with van der Waals surface area (Å²) in [6.45, 7) is 3.89. The summed E-state index contributed by atoms with van der Waals surface area (Å²) in [5.74, 6) is 0. The molecule has 0 spiro atoms. The minimum Gasteiger partial charge on any atom is -0.391 e. The van der Waals surface area contributed by atoms with Gasteiger partial charge in [-0.25, -0.2) is 0 Å². The molecule has 0 bridgehead atoms. The second-order valence-corrected chi connectivity index (χ2v) is 5.35. The molecule has 0 amide bonds. The van der Waals surface area contributed by atoms with E-state index in [9.17, 15) is 5.11 Å². The molecule has 2 aliphatic heterocycles. The fourth-order valence-corrected chi connectivity index (χ4v) is 3.20. The second kappa shape index (κ2) is 6.69. The Morgan fingerprint density at radius 2 is 2.24 bits per heavy atom. The molecule has 2 aliphatic rings. The molecule has 2 heterocycles. The molecular formula is C13H26N2O2. The van der Waals surface area contributed by atoms with E-state index in [0.29, 0.717) is 12.6 Å². The summed E-state index contributed by atoms with van der Waals surface area (Å²) < 4.78 is 4.93. The van der Waals surface area contributed by atoms with Crippen molar-refractivity contribution in [3.05, 3.63) is 0 Å². The smallest absolute Gasteiger partial charge is 0.0785 e. The minimum absolute atomic E-state index is 0.323. The Hall–Kier alpha value is -0.160. The van der Waals surface area contributed by atoms with E-state index >= 15 is 0 Å². The number of ether oxygens (including phenoxy) is 1. The maximum Gasteiger partial charge on any atom is 0.0785 e. The molecule has 4 nitrogen and oxygen atoms in total. The van der Waals surface area contributed by atoms with Gasteiger partial charge in [0.25, 0.3) is 0 Å². The molecule has 17 heavy (non-hydrogen) atoms. The Morgan fingerprint density at radius 1 is 1.35 bits per heavy atom. The molecule has 100 valence electrons. The summed E-state index contributed by atoms with van der Waals surface area (Å²) in [7, 11) is 1.63. The van der Waals surface area contributed by atoms with Crippen LogP contribution in [0.1, 0.15) is 32.1 Å². The van der Waals surface area contributed by atoms with Crippen LogP contribution in [0, 0.1) is 0 Å². The van der Waals surface area contributed by atoms with Crippen LogP contribution in [0.3, 0.4) is 0 Å². The molecule has 3 atom stereocenters. The molecule has 0 aromatic carbocycles. The van der Waals surface area contributed by atoms with Crippen molar-refractivity contribution in [2.24, 2.45) is 0 Å². The highest BCUT2D eigenvalue weighted by Gasteiger charge is 2.34. The summed E-state index contributed by atoms with van der Waals surface area (Å²) in [4.78, 5) is 2.63. The predicted octanol–water partition coefficient (Wildman–Crippen LogP) is 0.600. The van der Waals surface area contributed by atoms with Gasteiger partial charge >= 0.3 is 0 Å². The first-order chi connectivity index (χ1) is 8.31. The Balaban J connectivity index is 1.65. The molecule has 2 rings (SSSR count). The quantitative estimate of drug-likeness (QED) is 0.716. The molecule has 0 aromatic rings. The summed E-state index contributed by atoms with van der Waals surface area (Å²) >= 11 is 0. The Labute approximate surface area is 104 Å². The third-order valence-electron chi connectivity index (χ3n) is 4.10. The lowest BCUT2D eigenvalue weighted by molar-refractivity contribution is 0.0585. The van der Waals surface area contributed by atoms with Gasteiger partial charge in [0.05, 0.1) is 12.7 Å². The normalized spacial score (nSPS) is 31.4. The van der Waals surface area contributed by atoms with Crippen LogP contribution in [0.15, 0.2) is 0 Å². The van der Waals surface area contributed by atoms with Crippen molar-refractivity contribution in [1.29, 1.82) is 0 Å². The van der Waals surface area contributed by atoms with E-state index in [-0.39, 0.29) is 6.10 Å². The first-order valence-corrected chi connectivity index (χ1v) is 6.95. The van der Waals surface area contributed by atoms with E-state index in [2.05, 4.69) is 10.2 Å². The topological polar surface area (TPSA) is 44.7 Å². The first-order valence-electron chi connectivity index (χ1n) is 6.95. The van der Waals surface area contributed by atoms with Crippen molar-refractivity contribution in [2.75, 3.05) is 33.4 Å². The fourth-order valence-electron chi connectivity index (χ4n) is 3.20. The molecule has 0 aromatic heterocycles. The van der Waals surface area contributed by atoms with E-state index < -0.39 is 0 Å². The lowest BCUT2D eigenvalue weighted by Crippen LogP contribution is -2.45. The van der Waals surface area contributed by atoms with Gasteiger partial charge in [0.2, 0.25) is 0 Å². The first kappa shape index (κ1) is 13.3. The fraction of sp³-hybridized carbons (Fsp3) is 1.00. The molecule has 2 fully saturated rings. The zero-order valence-electron chi connectivity index (χ0n) is 10.9. The van der Waals surface area contributed by atoms with Gasteiger partial charge < -0.3 is 15.2 Å². The van der Waals surface area contributed by atoms with Gasteiger partial charge in [0.1, 0.15) is 0 Å². The van der Waals surface area contributed by atoms with Crippen molar-refractivity contribution in [1.82, 2.24) is 10.2 Å². The van der Waals surface area contributed by atoms with Crippen LogP contribution < -0.4 is 5.32 Å². The number of hydrogen-bond acceptors (Lipinski definition) is 4. The van der Waals surface area contributed by atoms with Gasteiger partial charge in [-0.2, -0.15) is 0 Å². The molecular weight excluding hydrogens is 216 g/mol. The Bertz CT molecular complexity index is 225. The molecule has 0 aliphatic carbocycles. The number of fused-ring (bicyclic) bond motifs is 1. The number of piperidine rings is 1. The van der Waals surface area contributed by atoms with Crippen LogP contribution in [0.4, 0.5) is 0 Å². The van der Waals surface area contributed by atoms with Crippen LogP contribution in [0.2, 0.25) is 0 Å². The van der Waals surface area contributed by atoms with Gasteiger partial charge in [-0.15, -0.1) is 0 Å². The van der Waals surface area contributed by atoms with Gasteiger partial charge in [-0.05, 0) is 38.8 Å².